The molecule has 5 heteroatoms. The molecule has 0 N–H and O–H groups in total. The monoisotopic (exact) mass is 792 g/mol. The van der Waals surface area contributed by atoms with E-state index in [4.69, 9.17) is 9.97 Å². The molecule has 0 saturated carbocycles. The van der Waals surface area contributed by atoms with Crippen LogP contribution in [0.4, 0.5) is 17.1 Å². The fourth-order valence-electron chi connectivity index (χ4n) is 10.4. The molecular formula is C56H36N4Si. The summed E-state index contributed by atoms with van der Waals surface area (Å²) in [5.41, 5.74) is 17.5. The molecule has 0 aliphatic carbocycles. The lowest BCUT2D eigenvalue weighted by Crippen LogP contribution is -2.70. The summed E-state index contributed by atoms with van der Waals surface area (Å²) < 4.78 is 2.21. The van der Waals surface area contributed by atoms with Crippen LogP contribution in [0.2, 0.25) is 0 Å². The number of para-hydroxylation sites is 3. The third-order valence-electron chi connectivity index (χ3n) is 13.0. The lowest BCUT2D eigenvalue weighted by atomic mass is 10.00. The fourth-order valence-corrected chi connectivity index (χ4v) is 16.1. The highest BCUT2D eigenvalue weighted by atomic mass is 28.3. The molecular weight excluding hydrogens is 757 g/mol. The Bertz CT molecular complexity index is 3380. The molecule has 0 bridgehead atoms. The van der Waals surface area contributed by atoms with Crippen molar-refractivity contribution in [1.82, 2.24) is 14.5 Å². The van der Waals surface area contributed by atoms with Crippen molar-refractivity contribution in [2.24, 2.45) is 0 Å². The number of rotatable bonds is 4. The third-order valence-corrected chi connectivity index (χ3v) is 18.0. The summed E-state index contributed by atoms with van der Waals surface area (Å²) in [5, 5.41) is 5.76. The van der Waals surface area contributed by atoms with Gasteiger partial charge in [0.25, 0.3) is 0 Å². The first-order valence-electron chi connectivity index (χ1n) is 20.9. The summed E-state index contributed by atoms with van der Waals surface area (Å²) in [5.74, 6) is 0.897. The van der Waals surface area contributed by atoms with Gasteiger partial charge in [-0.3, -0.25) is 4.57 Å². The van der Waals surface area contributed by atoms with Gasteiger partial charge in [-0.05, 0) is 114 Å². The van der Waals surface area contributed by atoms with Crippen molar-refractivity contribution >= 4 is 69.2 Å². The standard InChI is InChI=1S/C56H36N4Si/c1-2-15-42(16-3-1)60-55(58-48-19-12-34-57-56(48)60)41-29-33-47-45-18-7-11-23-52(45)61(54(47)36-41)51-22-10-6-17-44(51)46-32-28-40(35-53(46)61)37-26-30-43(31-27-37)59-49-20-8-4-13-38(49)24-25-39-14-5-9-21-50(39)59/h1-36H. The molecule has 284 valence electrons. The Kier molecular flexibility index (Phi) is 7.29. The lowest BCUT2D eigenvalue weighted by molar-refractivity contribution is 1.08. The van der Waals surface area contributed by atoms with Crippen molar-refractivity contribution in [3.63, 3.8) is 0 Å². The third kappa shape index (κ3) is 4.86. The van der Waals surface area contributed by atoms with Crippen LogP contribution in [-0.2, 0) is 0 Å². The molecule has 0 fully saturated rings. The van der Waals surface area contributed by atoms with E-state index in [1.54, 1.807) is 0 Å². The van der Waals surface area contributed by atoms with Crippen LogP contribution in [0.5, 0.6) is 0 Å². The van der Waals surface area contributed by atoms with Crippen LogP contribution < -0.4 is 25.6 Å². The van der Waals surface area contributed by atoms with Crippen molar-refractivity contribution < 1.29 is 0 Å². The molecule has 0 amide bonds. The van der Waals surface area contributed by atoms with Crippen LogP contribution in [0.3, 0.4) is 0 Å². The predicted molar refractivity (Wildman–Crippen MR) is 255 cm³/mol. The van der Waals surface area contributed by atoms with Gasteiger partial charge in [-0.1, -0.05) is 164 Å². The highest BCUT2D eigenvalue weighted by Crippen LogP contribution is 2.43. The number of fused-ring (bicyclic) bond motifs is 13. The summed E-state index contributed by atoms with van der Waals surface area (Å²) in [7, 11) is -2.81. The molecule has 1 unspecified atom stereocenters. The van der Waals surface area contributed by atoms with Crippen LogP contribution in [0, 0.1) is 0 Å². The number of benzene rings is 8. The Balaban J connectivity index is 0.995. The Labute approximate surface area is 355 Å². The maximum Gasteiger partial charge on any atom is 0.182 e. The van der Waals surface area contributed by atoms with Crippen LogP contribution in [0.1, 0.15) is 11.1 Å². The Hall–Kier alpha value is -7.86. The van der Waals surface area contributed by atoms with Crippen molar-refractivity contribution in [3.05, 3.63) is 218 Å². The molecule has 0 radical (unpaired) electrons. The second-order valence-corrected chi connectivity index (χ2v) is 19.8. The van der Waals surface area contributed by atoms with Gasteiger partial charge in [0.2, 0.25) is 0 Å². The SMILES string of the molecule is C1=Cc2ccccc2N(c2ccc(-c3ccc4c(c3)[Si]3(c5ccccc5-4)c4ccccc4-c4ccc(-c5nc6cccnc6n5-c5ccccc5)cc43)cc2)c2ccccc21. The first-order valence-corrected chi connectivity index (χ1v) is 22.9. The number of hydrogen-bond donors (Lipinski definition) is 0. The number of imidazole rings is 1. The molecule has 8 aromatic carbocycles. The average molecular weight is 793 g/mol. The van der Waals surface area contributed by atoms with E-state index in [0.717, 1.165) is 33.9 Å². The Morgan fingerprint density at radius 2 is 0.934 bits per heavy atom. The molecule has 3 aliphatic rings. The zero-order valence-electron chi connectivity index (χ0n) is 33.1. The summed E-state index contributed by atoms with van der Waals surface area (Å²) >= 11 is 0. The number of anilines is 3. The summed E-state index contributed by atoms with van der Waals surface area (Å²) in [6.07, 6.45) is 6.31. The number of aromatic nitrogens is 3. The first kappa shape index (κ1) is 34.0. The van der Waals surface area contributed by atoms with Gasteiger partial charge in [-0.15, -0.1) is 0 Å². The second kappa shape index (κ2) is 13.1. The molecule has 61 heavy (non-hydrogen) atoms. The fraction of sp³-hybridized carbons (Fsp3) is 0. The van der Waals surface area contributed by atoms with Gasteiger partial charge >= 0.3 is 0 Å². The van der Waals surface area contributed by atoms with E-state index in [1.807, 2.05) is 12.3 Å². The summed E-state index contributed by atoms with van der Waals surface area (Å²) in [4.78, 5) is 12.5. The highest BCUT2D eigenvalue weighted by molar-refractivity contribution is 7.24. The van der Waals surface area contributed by atoms with Crippen LogP contribution >= 0.6 is 0 Å². The molecule has 1 atom stereocenters. The second-order valence-electron chi connectivity index (χ2n) is 16.1. The quantitative estimate of drug-likeness (QED) is 0.167. The van der Waals surface area contributed by atoms with E-state index in [-0.39, 0.29) is 0 Å². The largest absolute Gasteiger partial charge is 0.309 e. The smallest absolute Gasteiger partial charge is 0.182 e. The van der Waals surface area contributed by atoms with Gasteiger partial charge in [-0.2, -0.15) is 0 Å². The minimum atomic E-state index is -2.81. The van der Waals surface area contributed by atoms with E-state index in [9.17, 15) is 0 Å². The van der Waals surface area contributed by atoms with E-state index >= 15 is 0 Å². The van der Waals surface area contributed by atoms with Gasteiger partial charge in [0.1, 0.15) is 11.3 Å². The van der Waals surface area contributed by atoms with Crippen LogP contribution in [0.15, 0.2) is 206 Å². The molecule has 4 nitrogen and oxygen atoms in total. The molecule has 2 aromatic heterocycles. The molecule has 3 aliphatic heterocycles. The van der Waals surface area contributed by atoms with Gasteiger partial charge < -0.3 is 4.90 Å². The highest BCUT2D eigenvalue weighted by Gasteiger charge is 2.54. The van der Waals surface area contributed by atoms with E-state index in [0.29, 0.717) is 0 Å². The van der Waals surface area contributed by atoms with E-state index in [1.165, 1.54) is 76.6 Å². The Morgan fingerprint density at radius 3 is 1.61 bits per heavy atom. The number of pyridine rings is 1. The van der Waals surface area contributed by atoms with Crippen molar-refractivity contribution in [1.29, 1.82) is 0 Å². The first-order chi connectivity index (χ1) is 30.3. The molecule has 10 aromatic rings. The topological polar surface area (TPSA) is 34.0 Å². The molecule has 13 rings (SSSR count). The summed E-state index contributed by atoms with van der Waals surface area (Å²) in [6, 6.07) is 73.7. The molecule has 5 heterocycles. The molecule has 0 saturated heterocycles. The number of nitrogens with zero attached hydrogens (tertiary/aromatic N) is 4. The van der Waals surface area contributed by atoms with Gasteiger partial charge in [0.15, 0.2) is 13.7 Å². The minimum absolute atomic E-state index is 0.854. The number of hydrogen-bond acceptors (Lipinski definition) is 3. The zero-order valence-corrected chi connectivity index (χ0v) is 34.1. The molecule has 1 spiro atoms. The average Bonchev–Trinajstić information content (AvgIpc) is 3.92. The zero-order chi connectivity index (χ0) is 40.1. The van der Waals surface area contributed by atoms with Crippen LogP contribution in [-0.4, -0.2) is 22.6 Å². The maximum atomic E-state index is 5.27. The maximum absolute atomic E-state index is 5.27. The van der Waals surface area contributed by atoms with E-state index < -0.39 is 8.07 Å². The predicted octanol–water partition coefficient (Wildman–Crippen LogP) is 11.0. The van der Waals surface area contributed by atoms with E-state index in [2.05, 4.69) is 216 Å². The van der Waals surface area contributed by atoms with Gasteiger partial charge in [-0.25, -0.2) is 9.97 Å². The van der Waals surface area contributed by atoms with Crippen molar-refractivity contribution in [2.45, 2.75) is 0 Å². The Morgan fingerprint density at radius 1 is 0.393 bits per heavy atom. The van der Waals surface area contributed by atoms with Gasteiger partial charge in [0.05, 0.1) is 11.4 Å². The minimum Gasteiger partial charge on any atom is -0.309 e. The lowest BCUT2D eigenvalue weighted by Gasteiger charge is -2.28. The van der Waals surface area contributed by atoms with Crippen LogP contribution in [0.25, 0.3) is 73.8 Å². The normalized spacial score (nSPS) is 15.2. The summed E-state index contributed by atoms with van der Waals surface area (Å²) in [6.45, 7) is 0. The van der Waals surface area contributed by atoms with Crippen molar-refractivity contribution in [2.75, 3.05) is 4.90 Å². The van der Waals surface area contributed by atoms with Gasteiger partial charge in [0, 0.05) is 23.1 Å². The van der Waals surface area contributed by atoms with Crippen molar-refractivity contribution in [3.8, 4) is 50.5 Å².